The molecule has 0 unspecified atom stereocenters. The van der Waals surface area contributed by atoms with Gasteiger partial charge in [0.05, 0.1) is 22.7 Å². The SMILES string of the molecule is CCS(=O)(=O)c1ccc2c(c1)N([C@@H](C)c1ccccc1)C(=O)[C@H](N)C2.Cl. The third-order valence-electron chi connectivity index (χ3n) is 4.72. The van der Waals surface area contributed by atoms with E-state index in [1.807, 2.05) is 37.3 Å². The molecule has 1 heterocycles. The normalized spacial score (nSPS) is 18.0. The van der Waals surface area contributed by atoms with Crippen LogP contribution in [-0.4, -0.2) is 26.1 Å². The van der Waals surface area contributed by atoms with Crippen molar-refractivity contribution in [3.8, 4) is 0 Å². The summed E-state index contributed by atoms with van der Waals surface area (Å²) in [6.45, 7) is 3.54. The summed E-state index contributed by atoms with van der Waals surface area (Å²) in [5.74, 6) is -0.164. The minimum atomic E-state index is -3.35. The number of amides is 1. The van der Waals surface area contributed by atoms with E-state index >= 15 is 0 Å². The molecule has 3 rings (SSSR count). The second kappa shape index (κ2) is 7.78. The van der Waals surface area contributed by atoms with Gasteiger partial charge < -0.3 is 10.6 Å². The van der Waals surface area contributed by atoms with Crippen LogP contribution in [-0.2, 0) is 21.1 Å². The van der Waals surface area contributed by atoms with Crippen LogP contribution in [0.4, 0.5) is 5.69 Å². The van der Waals surface area contributed by atoms with Gasteiger partial charge in [0.2, 0.25) is 5.91 Å². The molecular formula is C19H23ClN2O3S. The first-order chi connectivity index (χ1) is 11.8. The Bertz CT molecular complexity index is 900. The highest BCUT2D eigenvalue weighted by Crippen LogP contribution is 2.36. The molecule has 0 spiro atoms. The van der Waals surface area contributed by atoms with Crippen molar-refractivity contribution in [3.05, 3.63) is 59.7 Å². The molecular weight excluding hydrogens is 372 g/mol. The van der Waals surface area contributed by atoms with E-state index in [0.717, 1.165) is 11.1 Å². The maximum Gasteiger partial charge on any atom is 0.244 e. The van der Waals surface area contributed by atoms with Crippen LogP contribution in [0.3, 0.4) is 0 Å². The van der Waals surface area contributed by atoms with Crippen LogP contribution in [0, 0.1) is 0 Å². The molecule has 2 aromatic carbocycles. The fourth-order valence-corrected chi connectivity index (χ4v) is 4.10. The smallest absolute Gasteiger partial charge is 0.244 e. The highest BCUT2D eigenvalue weighted by Gasteiger charge is 2.34. The summed E-state index contributed by atoms with van der Waals surface area (Å²) >= 11 is 0. The zero-order valence-electron chi connectivity index (χ0n) is 14.8. The van der Waals surface area contributed by atoms with Gasteiger partial charge in [-0.1, -0.05) is 43.3 Å². The molecule has 1 aliphatic heterocycles. The summed E-state index contributed by atoms with van der Waals surface area (Å²) < 4.78 is 24.5. The third-order valence-corrected chi connectivity index (χ3v) is 6.45. The summed E-state index contributed by atoms with van der Waals surface area (Å²) in [5, 5.41) is 0. The summed E-state index contributed by atoms with van der Waals surface area (Å²) in [6.07, 6.45) is 0.415. The molecule has 7 heteroatoms. The maximum absolute atomic E-state index is 12.8. The fourth-order valence-electron chi connectivity index (χ4n) is 3.20. The number of benzene rings is 2. The quantitative estimate of drug-likeness (QED) is 0.864. The molecule has 0 saturated carbocycles. The number of carbonyl (C=O) groups excluding carboxylic acids is 1. The largest absolute Gasteiger partial charge is 0.320 e. The van der Waals surface area contributed by atoms with Crippen LogP contribution in [0.5, 0.6) is 0 Å². The van der Waals surface area contributed by atoms with Gasteiger partial charge in [0.1, 0.15) is 0 Å². The molecule has 26 heavy (non-hydrogen) atoms. The lowest BCUT2D eigenvalue weighted by molar-refractivity contribution is -0.120. The molecule has 0 saturated heterocycles. The molecule has 1 aliphatic rings. The molecule has 0 bridgehead atoms. The van der Waals surface area contributed by atoms with Crippen molar-refractivity contribution in [2.75, 3.05) is 10.7 Å². The van der Waals surface area contributed by atoms with Crippen LogP contribution < -0.4 is 10.6 Å². The number of nitrogens with zero attached hydrogens (tertiary/aromatic N) is 1. The summed E-state index contributed by atoms with van der Waals surface area (Å²) in [7, 11) is -3.35. The van der Waals surface area contributed by atoms with Crippen LogP contribution in [0.15, 0.2) is 53.4 Å². The van der Waals surface area contributed by atoms with Crippen LogP contribution in [0.1, 0.15) is 31.0 Å². The van der Waals surface area contributed by atoms with Crippen molar-refractivity contribution >= 4 is 33.8 Å². The Hall–Kier alpha value is -1.89. The Morgan fingerprint density at radius 2 is 1.85 bits per heavy atom. The highest BCUT2D eigenvalue weighted by atomic mass is 35.5. The number of rotatable bonds is 4. The number of carbonyl (C=O) groups is 1. The van der Waals surface area contributed by atoms with Crippen molar-refractivity contribution < 1.29 is 13.2 Å². The molecule has 2 aromatic rings. The van der Waals surface area contributed by atoms with E-state index in [1.54, 1.807) is 30.0 Å². The molecule has 0 radical (unpaired) electrons. The molecule has 1 amide bonds. The number of halogens is 1. The van der Waals surface area contributed by atoms with Gasteiger partial charge in [-0.25, -0.2) is 8.42 Å². The molecule has 140 valence electrons. The van der Waals surface area contributed by atoms with E-state index in [4.69, 9.17) is 5.73 Å². The molecule has 0 aliphatic carbocycles. The number of nitrogens with two attached hydrogens (primary N) is 1. The highest BCUT2D eigenvalue weighted by molar-refractivity contribution is 7.91. The molecule has 0 aromatic heterocycles. The van der Waals surface area contributed by atoms with E-state index in [-0.39, 0.29) is 35.0 Å². The fraction of sp³-hybridized carbons (Fsp3) is 0.316. The number of hydrogen-bond acceptors (Lipinski definition) is 4. The van der Waals surface area contributed by atoms with E-state index in [0.29, 0.717) is 12.1 Å². The Labute approximate surface area is 160 Å². The van der Waals surface area contributed by atoms with E-state index < -0.39 is 15.9 Å². The molecule has 2 N–H and O–H groups in total. The lowest BCUT2D eigenvalue weighted by atomic mass is 9.94. The molecule has 0 fully saturated rings. The Balaban J connectivity index is 0.00000243. The van der Waals surface area contributed by atoms with Crippen molar-refractivity contribution in [2.45, 2.75) is 37.2 Å². The lowest BCUT2D eigenvalue weighted by Gasteiger charge is -2.37. The van der Waals surface area contributed by atoms with Crippen molar-refractivity contribution in [1.82, 2.24) is 0 Å². The topological polar surface area (TPSA) is 80.5 Å². The minimum Gasteiger partial charge on any atom is -0.320 e. The first-order valence-corrected chi connectivity index (χ1v) is 9.99. The third kappa shape index (κ3) is 3.63. The number of hydrogen-bond donors (Lipinski definition) is 1. The first kappa shape index (κ1) is 20.4. The standard InChI is InChI=1S/C19H22N2O3S.ClH/c1-3-25(23,24)16-10-9-15-11-17(20)19(22)21(18(15)12-16)13(2)14-7-5-4-6-8-14;/h4-10,12-13,17H,3,11,20H2,1-2H3;1H/t13-,17+;/m0./s1. The Morgan fingerprint density at radius 1 is 1.19 bits per heavy atom. The van der Waals surface area contributed by atoms with Gasteiger partial charge >= 0.3 is 0 Å². The van der Waals surface area contributed by atoms with Gasteiger partial charge in [-0.05, 0) is 36.6 Å². The predicted molar refractivity (Wildman–Crippen MR) is 105 cm³/mol. The first-order valence-electron chi connectivity index (χ1n) is 8.34. The maximum atomic E-state index is 12.8. The number of fused-ring (bicyclic) bond motifs is 1. The van der Waals surface area contributed by atoms with Crippen LogP contribution in [0.25, 0.3) is 0 Å². The minimum absolute atomic E-state index is 0. The summed E-state index contributed by atoms with van der Waals surface area (Å²) in [6, 6.07) is 13.8. The lowest BCUT2D eigenvalue weighted by Crippen LogP contribution is -2.49. The monoisotopic (exact) mass is 394 g/mol. The van der Waals surface area contributed by atoms with Gasteiger partial charge in [0, 0.05) is 5.69 Å². The van der Waals surface area contributed by atoms with Gasteiger partial charge in [-0.2, -0.15) is 0 Å². The van der Waals surface area contributed by atoms with Gasteiger partial charge in [-0.3, -0.25) is 4.79 Å². The van der Waals surface area contributed by atoms with Crippen LogP contribution in [0.2, 0.25) is 0 Å². The Kier molecular flexibility index (Phi) is 6.11. The van der Waals surface area contributed by atoms with Crippen LogP contribution >= 0.6 is 12.4 Å². The number of anilines is 1. The second-order valence-corrected chi connectivity index (χ2v) is 8.58. The molecule has 2 atom stereocenters. The number of sulfone groups is 1. The van der Waals surface area contributed by atoms with Gasteiger partial charge in [0.25, 0.3) is 0 Å². The van der Waals surface area contributed by atoms with E-state index in [2.05, 4.69) is 0 Å². The average molecular weight is 395 g/mol. The Morgan fingerprint density at radius 3 is 2.46 bits per heavy atom. The van der Waals surface area contributed by atoms with Crippen molar-refractivity contribution in [2.24, 2.45) is 5.73 Å². The molecule has 5 nitrogen and oxygen atoms in total. The summed E-state index contributed by atoms with van der Waals surface area (Å²) in [4.78, 5) is 14.7. The van der Waals surface area contributed by atoms with Crippen molar-refractivity contribution in [3.63, 3.8) is 0 Å². The van der Waals surface area contributed by atoms with Crippen molar-refractivity contribution in [1.29, 1.82) is 0 Å². The second-order valence-electron chi connectivity index (χ2n) is 6.30. The van der Waals surface area contributed by atoms with Gasteiger partial charge in [0.15, 0.2) is 9.84 Å². The zero-order chi connectivity index (χ0) is 18.2. The zero-order valence-corrected chi connectivity index (χ0v) is 16.4. The summed E-state index contributed by atoms with van der Waals surface area (Å²) in [5.41, 5.74) is 8.54. The van der Waals surface area contributed by atoms with E-state index in [1.165, 1.54) is 0 Å². The van der Waals surface area contributed by atoms with Gasteiger partial charge in [-0.15, -0.1) is 12.4 Å². The predicted octanol–water partition coefficient (Wildman–Crippen LogP) is 2.88. The average Bonchev–Trinajstić information content (AvgIpc) is 2.62. The van der Waals surface area contributed by atoms with E-state index in [9.17, 15) is 13.2 Å².